The second kappa shape index (κ2) is 9.14. The van der Waals surface area contributed by atoms with E-state index in [9.17, 15) is 13.2 Å². The van der Waals surface area contributed by atoms with Crippen molar-refractivity contribution in [3.63, 3.8) is 0 Å². The fourth-order valence-electron chi connectivity index (χ4n) is 5.38. The Kier molecular flexibility index (Phi) is 5.91. The molecule has 1 amide bonds. The Morgan fingerprint density at radius 2 is 1.57 bits per heavy atom. The highest BCUT2D eigenvalue weighted by atomic mass is 32.2. The number of aromatic nitrogens is 2. The minimum absolute atomic E-state index is 0.271. The van der Waals surface area contributed by atoms with Gasteiger partial charge in [0.15, 0.2) is 9.84 Å². The first-order chi connectivity index (χ1) is 17.8. The van der Waals surface area contributed by atoms with Gasteiger partial charge in [0.25, 0.3) is 0 Å². The molecule has 0 spiro atoms. The molecular weight excluding hydrogens is 482 g/mol. The first kappa shape index (κ1) is 23.9. The highest BCUT2D eigenvalue weighted by molar-refractivity contribution is 7.90. The summed E-state index contributed by atoms with van der Waals surface area (Å²) in [5.41, 5.74) is 6.31. The average Bonchev–Trinajstić information content (AvgIpc) is 3.54. The zero-order valence-corrected chi connectivity index (χ0v) is 22.0. The standard InChI is InChI=1S/C30H31N3O3S/c1-20-3-14-28-27(17-20)31-29(33(28)19-21-15-16-32(18-21)30(34)25-8-9-25)24-6-4-22(5-7-24)23-10-12-26(13-11-23)37(2,35)36/h3-7,10-14,17,21,25H,8-9,15-16,18-19H2,1-2H3/t21-/m1/s1. The summed E-state index contributed by atoms with van der Waals surface area (Å²) in [6.07, 6.45) is 4.34. The minimum atomic E-state index is -3.22. The molecule has 2 heterocycles. The fraction of sp³-hybridized carbons (Fsp3) is 0.333. The summed E-state index contributed by atoms with van der Waals surface area (Å²) in [6, 6.07) is 21.7. The van der Waals surface area contributed by atoms with Gasteiger partial charge < -0.3 is 9.47 Å². The predicted molar refractivity (Wildman–Crippen MR) is 146 cm³/mol. The second-order valence-electron chi connectivity index (χ2n) is 10.6. The van der Waals surface area contributed by atoms with Gasteiger partial charge in [0, 0.05) is 37.4 Å². The molecule has 7 heteroatoms. The maximum absolute atomic E-state index is 12.6. The minimum Gasteiger partial charge on any atom is -0.342 e. The van der Waals surface area contributed by atoms with Gasteiger partial charge in [0.1, 0.15) is 5.82 Å². The van der Waals surface area contributed by atoms with Crippen LogP contribution < -0.4 is 0 Å². The fourth-order valence-corrected chi connectivity index (χ4v) is 6.01. The molecule has 1 saturated heterocycles. The quantitative estimate of drug-likeness (QED) is 0.349. The van der Waals surface area contributed by atoms with Crippen LogP contribution in [0.4, 0.5) is 0 Å². The molecule has 0 bridgehead atoms. The normalized spacial score (nSPS) is 18.0. The Bertz CT molecular complexity index is 1580. The van der Waals surface area contributed by atoms with Crippen LogP contribution >= 0.6 is 0 Å². The number of fused-ring (bicyclic) bond motifs is 1. The number of rotatable bonds is 6. The third kappa shape index (κ3) is 4.80. The molecule has 1 aliphatic carbocycles. The van der Waals surface area contributed by atoms with Crippen molar-refractivity contribution >= 4 is 26.8 Å². The molecule has 0 unspecified atom stereocenters. The third-order valence-electron chi connectivity index (χ3n) is 7.63. The molecule has 3 aromatic carbocycles. The lowest BCUT2D eigenvalue weighted by molar-refractivity contribution is -0.131. The van der Waals surface area contributed by atoms with Gasteiger partial charge in [-0.25, -0.2) is 13.4 Å². The van der Waals surface area contributed by atoms with Gasteiger partial charge in [-0.1, -0.05) is 42.5 Å². The smallest absolute Gasteiger partial charge is 0.225 e. The number of aryl methyl sites for hydroxylation is 1. The highest BCUT2D eigenvalue weighted by Crippen LogP contribution is 2.34. The molecular formula is C30H31N3O3S. The van der Waals surface area contributed by atoms with Crippen molar-refractivity contribution in [3.05, 3.63) is 72.3 Å². The predicted octanol–water partition coefficient (Wildman–Crippen LogP) is 5.34. The molecule has 2 fully saturated rings. The topological polar surface area (TPSA) is 72.3 Å². The zero-order chi connectivity index (χ0) is 25.7. The summed E-state index contributed by atoms with van der Waals surface area (Å²) < 4.78 is 25.9. The summed E-state index contributed by atoms with van der Waals surface area (Å²) in [7, 11) is -3.22. The largest absolute Gasteiger partial charge is 0.342 e. The number of likely N-dealkylation sites (tertiary alicyclic amines) is 1. The van der Waals surface area contributed by atoms with Crippen LogP contribution in [0.15, 0.2) is 71.6 Å². The molecule has 6 nitrogen and oxygen atoms in total. The van der Waals surface area contributed by atoms with E-state index in [1.54, 1.807) is 12.1 Å². The molecule has 0 radical (unpaired) electrons. The molecule has 190 valence electrons. The van der Waals surface area contributed by atoms with E-state index in [4.69, 9.17) is 4.98 Å². The van der Waals surface area contributed by atoms with E-state index in [1.807, 2.05) is 12.1 Å². The van der Waals surface area contributed by atoms with Crippen molar-refractivity contribution in [2.45, 2.75) is 37.6 Å². The lowest BCUT2D eigenvalue weighted by atomic mass is 10.0. The zero-order valence-electron chi connectivity index (χ0n) is 21.2. The molecule has 2 aliphatic rings. The van der Waals surface area contributed by atoms with Crippen LogP contribution in [0.1, 0.15) is 24.8 Å². The van der Waals surface area contributed by atoms with E-state index >= 15 is 0 Å². The van der Waals surface area contributed by atoms with E-state index in [0.717, 1.165) is 72.4 Å². The summed E-state index contributed by atoms with van der Waals surface area (Å²) in [5, 5.41) is 0. The first-order valence-corrected chi connectivity index (χ1v) is 14.8. The molecule has 37 heavy (non-hydrogen) atoms. The number of carbonyl (C=O) groups is 1. The number of hydrogen-bond donors (Lipinski definition) is 0. The van der Waals surface area contributed by atoms with Gasteiger partial charge in [-0.2, -0.15) is 0 Å². The van der Waals surface area contributed by atoms with Crippen molar-refractivity contribution in [2.75, 3.05) is 19.3 Å². The Balaban J connectivity index is 1.30. The summed E-state index contributed by atoms with van der Waals surface area (Å²) in [4.78, 5) is 20.0. The average molecular weight is 514 g/mol. The number of nitrogens with zero attached hydrogens (tertiary/aromatic N) is 3. The maximum Gasteiger partial charge on any atom is 0.225 e. The Labute approximate surface area is 217 Å². The van der Waals surface area contributed by atoms with Crippen LogP contribution in [0.2, 0.25) is 0 Å². The van der Waals surface area contributed by atoms with Crippen molar-refractivity contribution in [2.24, 2.45) is 11.8 Å². The highest BCUT2D eigenvalue weighted by Gasteiger charge is 2.36. The number of sulfone groups is 1. The number of amides is 1. The number of hydrogen-bond acceptors (Lipinski definition) is 4. The van der Waals surface area contributed by atoms with Crippen LogP contribution in [-0.4, -0.2) is 48.1 Å². The second-order valence-corrected chi connectivity index (χ2v) is 12.6. The van der Waals surface area contributed by atoms with E-state index in [1.165, 1.54) is 11.8 Å². The van der Waals surface area contributed by atoms with Crippen molar-refractivity contribution in [1.29, 1.82) is 0 Å². The number of benzene rings is 3. The molecule has 1 aromatic heterocycles. The van der Waals surface area contributed by atoms with Crippen LogP contribution in [-0.2, 0) is 21.2 Å². The molecule has 4 aromatic rings. The number of carbonyl (C=O) groups excluding carboxylic acids is 1. The summed E-state index contributed by atoms with van der Waals surface area (Å²) in [5.74, 6) is 1.96. The van der Waals surface area contributed by atoms with Gasteiger partial charge >= 0.3 is 0 Å². The van der Waals surface area contributed by atoms with Gasteiger partial charge in [-0.15, -0.1) is 0 Å². The molecule has 6 rings (SSSR count). The van der Waals surface area contributed by atoms with Crippen LogP contribution in [0.5, 0.6) is 0 Å². The van der Waals surface area contributed by atoms with Gasteiger partial charge in [-0.05, 0) is 73.1 Å². The Morgan fingerprint density at radius 1 is 0.919 bits per heavy atom. The molecule has 1 saturated carbocycles. The van der Waals surface area contributed by atoms with Crippen LogP contribution in [0.25, 0.3) is 33.5 Å². The Hall–Kier alpha value is -3.45. The van der Waals surface area contributed by atoms with Crippen molar-refractivity contribution < 1.29 is 13.2 Å². The third-order valence-corrected chi connectivity index (χ3v) is 8.76. The van der Waals surface area contributed by atoms with Crippen LogP contribution in [0.3, 0.4) is 0 Å². The van der Waals surface area contributed by atoms with E-state index in [2.05, 4.69) is 58.9 Å². The first-order valence-electron chi connectivity index (χ1n) is 12.9. The summed E-state index contributed by atoms with van der Waals surface area (Å²) >= 11 is 0. The molecule has 0 N–H and O–H groups in total. The van der Waals surface area contributed by atoms with Gasteiger partial charge in [0.2, 0.25) is 5.91 Å². The van der Waals surface area contributed by atoms with Crippen molar-refractivity contribution in [1.82, 2.24) is 14.5 Å². The van der Waals surface area contributed by atoms with E-state index in [-0.39, 0.29) is 5.92 Å². The lowest BCUT2D eigenvalue weighted by Crippen LogP contribution is -2.30. The van der Waals surface area contributed by atoms with Crippen LogP contribution in [0, 0.1) is 18.8 Å². The van der Waals surface area contributed by atoms with E-state index in [0.29, 0.717) is 16.7 Å². The monoisotopic (exact) mass is 513 g/mol. The van der Waals surface area contributed by atoms with Crippen molar-refractivity contribution in [3.8, 4) is 22.5 Å². The summed E-state index contributed by atoms with van der Waals surface area (Å²) in [6.45, 7) is 4.59. The Morgan fingerprint density at radius 3 is 2.22 bits per heavy atom. The maximum atomic E-state index is 12.6. The van der Waals surface area contributed by atoms with Gasteiger partial charge in [-0.3, -0.25) is 4.79 Å². The lowest BCUT2D eigenvalue weighted by Gasteiger charge is -2.18. The van der Waals surface area contributed by atoms with E-state index < -0.39 is 9.84 Å². The van der Waals surface area contributed by atoms with Gasteiger partial charge in [0.05, 0.1) is 15.9 Å². The number of imidazole rings is 1. The molecule has 1 aliphatic heterocycles. The SMILES string of the molecule is Cc1ccc2c(c1)nc(-c1ccc(-c3ccc(S(C)(=O)=O)cc3)cc1)n2C[C@@H]1CCN(C(=O)C2CC2)C1. The molecule has 1 atom stereocenters.